The first kappa shape index (κ1) is 17.0. The lowest BCUT2D eigenvalue weighted by Crippen LogP contribution is -2.38. The van der Waals surface area contributed by atoms with E-state index in [1.807, 2.05) is 6.92 Å². The van der Waals surface area contributed by atoms with Gasteiger partial charge in [-0.05, 0) is 12.5 Å². The monoisotopic (exact) mass is 302 g/mol. The molecule has 1 atom stereocenters. The van der Waals surface area contributed by atoms with Crippen LogP contribution in [0.4, 0.5) is 14.5 Å². The Kier molecular flexibility index (Phi) is 6.16. The zero-order chi connectivity index (χ0) is 16.0. The molecule has 0 aliphatic rings. The minimum Gasteiger partial charge on any atom is -0.383 e. The highest BCUT2D eigenvalue weighted by molar-refractivity contribution is 5.95. The van der Waals surface area contributed by atoms with Crippen molar-refractivity contribution in [3.8, 4) is 0 Å². The van der Waals surface area contributed by atoms with Crippen molar-refractivity contribution < 1.29 is 23.2 Å². The first-order chi connectivity index (χ1) is 9.90. The number of nitro groups is 1. The zero-order valence-corrected chi connectivity index (χ0v) is 11.7. The standard InChI is InChI=1S/C13H16F2N2O4/c1-3-4-8(7-21-2)16-13(18)9-5-11(15)12(17(19)20)6-10(9)14/h5-6,8H,3-4,7H2,1-2H3,(H,16,18). The topological polar surface area (TPSA) is 81.5 Å². The smallest absolute Gasteiger partial charge is 0.307 e. The van der Waals surface area contributed by atoms with Gasteiger partial charge in [0, 0.05) is 7.11 Å². The number of nitrogens with zero attached hydrogens (tertiary/aromatic N) is 1. The summed E-state index contributed by atoms with van der Waals surface area (Å²) in [6, 6.07) is 0.582. The Hall–Kier alpha value is -2.09. The number of amides is 1. The third-order valence-electron chi connectivity index (χ3n) is 2.82. The van der Waals surface area contributed by atoms with Crippen molar-refractivity contribution in [3.05, 3.63) is 39.4 Å². The molecule has 1 aromatic carbocycles. The Morgan fingerprint density at radius 1 is 1.43 bits per heavy atom. The minimum atomic E-state index is -1.26. The normalized spacial score (nSPS) is 12.0. The van der Waals surface area contributed by atoms with E-state index in [1.165, 1.54) is 7.11 Å². The molecule has 1 aromatic rings. The van der Waals surface area contributed by atoms with Crippen LogP contribution in [0.1, 0.15) is 30.1 Å². The van der Waals surface area contributed by atoms with Gasteiger partial charge in [-0.3, -0.25) is 14.9 Å². The van der Waals surface area contributed by atoms with Crippen LogP contribution in [0.3, 0.4) is 0 Å². The van der Waals surface area contributed by atoms with E-state index in [0.717, 1.165) is 6.42 Å². The van der Waals surface area contributed by atoms with Gasteiger partial charge in [-0.2, -0.15) is 4.39 Å². The molecule has 0 aliphatic heterocycles. The number of hydrogen-bond acceptors (Lipinski definition) is 4. The summed E-state index contributed by atoms with van der Waals surface area (Å²) >= 11 is 0. The highest BCUT2D eigenvalue weighted by atomic mass is 19.1. The highest BCUT2D eigenvalue weighted by Crippen LogP contribution is 2.21. The molecule has 1 amide bonds. The summed E-state index contributed by atoms with van der Waals surface area (Å²) in [5, 5.41) is 13.0. The molecular weight excluding hydrogens is 286 g/mol. The third-order valence-corrected chi connectivity index (χ3v) is 2.82. The molecule has 0 heterocycles. The maximum atomic E-state index is 13.7. The molecular formula is C13H16F2N2O4. The predicted octanol–water partition coefficient (Wildman–Crippen LogP) is 2.42. The van der Waals surface area contributed by atoms with Crippen molar-refractivity contribution in [2.45, 2.75) is 25.8 Å². The summed E-state index contributed by atoms with van der Waals surface area (Å²) in [6.45, 7) is 2.14. The fraction of sp³-hybridized carbons (Fsp3) is 0.462. The van der Waals surface area contributed by atoms with Gasteiger partial charge in [0.15, 0.2) is 0 Å². The SMILES string of the molecule is CCCC(COC)NC(=O)c1cc(F)c([N+](=O)[O-])cc1F. The third kappa shape index (κ3) is 4.45. The number of nitrogens with one attached hydrogen (secondary N) is 1. The lowest BCUT2D eigenvalue weighted by molar-refractivity contribution is -0.387. The van der Waals surface area contributed by atoms with Crippen LogP contribution >= 0.6 is 0 Å². The Balaban J connectivity index is 2.96. The molecule has 0 radical (unpaired) electrons. The first-order valence-corrected chi connectivity index (χ1v) is 6.33. The number of nitro benzene ring substituents is 1. The number of methoxy groups -OCH3 is 1. The van der Waals surface area contributed by atoms with Crippen molar-refractivity contribution >= 4 is 11.6 Å². The Morgan fingerprint density at radius 2 is 2.10 bits per heavy atom. The van der Waals surface area contributed by atoms with Gasteiger partial charge in [0.1, 0.15) is 5.82 Å². The molecule has 0 fully saturated rings. The molecule has 0 saturated heterocycles. The first-order valence-electron chi connectivity index (χ1n) is 6.33. The van der Waals surface area contributed by atoms with Crippen LogP contribution in [-0.2, 0) is 4.74 Å². The van der Waals surface area contributed by atoms with Gasteiger partial charge in [-0.25, -0.2) is 4.39 Å². The summed E-state index contributed by atoms with van der Waals surface area (Å²) in [5.41, 5.74) is -1.58. The molecule has 0 saturated carbocycles. The van der Waals surface area contributed by atoms with Crippen LogP contribution < -0.4 is 5.32 Å². The molecule has 0 bridgehead atoms. The number of ether oxygens (including phenoxy) is 1. The van der Waals surface area contributed by atoms with Crippen molar-refractivity contribution in [1.82, 2.24) is 5.32 Å². The quantitative estimate of drug-likeness (QED) is 0.619. The van der Waals surface area contributed by atoms with E-state index in [2.05, 4.69) is 5.32 Å². The molecule has 1 N–H and O–H groups in total. The molecule has 116 valence electrons. The fourth-order valence-electron chi connectivity index (χ4n) is 1.86. The Morgan fingerprint density at radius 3 is 2.62 bits per heavy atom. The van der Waals surface area contributed by atoms with E-state index in [9.17, 15) is 23.7 Å². The molecule has 0 aromatic heterocycles. The van der Waals surface area contributed by atoms with E-state index < -0.39 is 33.7 Å². The number of halogens is 2. The molecule has 6 nitrogen and oxygen atoms in total. The van der Waals surface area contributed by atoms with Gasteiger partial charge in [0.2, 0.25) is 5.82 Å². The van der Waals surface area contributed by atoms with Crippen LogP contribution in [0.25, 0.3) is 0 Å². The maximum absolute atomic E-state index is 13.7. The van der Waals surface area contributed by atoms with Gasteiger partial charge < -0.3 is 10.1 Å². The molecule has 0 spiro atoms. The second kappa shape index (κ2) is 7.63. The maximum Gasteiger partial charge on any atom is 0.307 e. The number of hydrogen-bond donors (Lipinski definition) is 1. The van der Waals surface area contributed by atoms with Gasteiger partial charge in [-0.15, -0.1) is 0 Å². The van der Waals surface area contributed by atoms with Gasteiger partial charge in [0.25, 0.3) is 5.91 Å². The van der Waals surface area contributed by atoms with Gasteiger partial charge >= 0.3 is 5.69 Å². The molecule has 8 heteroatoms. The lowest BCUT2D eigenvalue weighted by atomic mass is 10.1. The number of rotatable bonds is 7. The van der Waals surface area contributed by atoms with Crippen LogP contribution in [0.5, 0.6) is 0 Å². The zero-order valence-electron chi connectivity index (χ0n) is 11.7. The second-order valence-electron chi connectivity index (χ2n) is 4.45. The number of carbonyl (C=O) groups is 1. The van der Waals surface area contributed by atoms with E-state index in [4.69, 9.17) is 4.74 Å². The van der Waals surface area contributed by atoms with E-state index >= 15 is 0 Å². The molecule has 1 unspecified atom stereocenters. The average Bonchev–Trinajstić information content (AvgIpc) is 2.41. The lowest BCUT2D eigenvalue weighted by Gasteiger charge is -2.17. The Bertz CT molecular complexity index is 531. The van der Waals surface area contributed by atoms with Crippen molar-refractivity contribution in [1.29, 1.82) is 0 Å². The molecule has 21 heavy (non-hydrogen) atoms. The molecule has 0 aliphatic carbocycles. The van der Waals surface area contributed by atoms with E-state index in [1.54, 1.807) is 0 Å². The number of carbonyl (C=O) groups excluding carboxylic acids is 1. The van der Waals surface area contributed by atoms with E-state index in [0.29, 0.717) is 18.6 Å². The largest absolute Gasteiger partial charge is 0.383 e. The Labute approximate surface area is 120 Å². The van der Waals surface area contributed by atoms with Crippen LogP contribution in [0, 0.1) is 21.7 Å². The molecule has 1 rings (SSSR count). The average molecular weight is 302 g/mol. The van der Waals surface area contributed by atoms with Crippen molar-refractivity contribution in [3.63, 3.8) is 0 Å². The van der Waals surface area contributed by atoms with Gasteiger partial charge in [-0.1, -0.05) is 13.3 Å². The number of benzene rings is 1. The minimum absolute atomic E-state index is 0.233. The van der Waals surface area contributed by atoms with Gasteiger partial charge in [0.05, 0.1) is 29.2 Å². The van der Waals surface area contributed by atoms with Crippen molar-refractivity contribution in [2.75, 3.05) is 13.7 Å². The fourth-order valence-corrected chi connectivity index (χ4v) is 1.86. The van der Waals surface area contributed by atoms with Crippen LogP contribution in [0.15, 0.2) is 12.1 Å². The van der Waals surface area contributed by atoms with Crippen LogP contribution in [0.2, 0.25) is 0 Å². The summed E-state index contributed by atoms with van der Waals surface area (Å²) in [5.74, 6) is -3.24. The highest BCUT2D eigenvalue weighted by Gasteiger charge is 2.23. The predicted molar refractivity (Wildman–Crippen MR) is 71.1 cm³/mol. The summed E-state index contributed by atoms with van der Waals surface area (Å²) in [7, 11) is 1.46. The second-order valence-corrected chi connectivity index (χ2v) is 4.45. The summed E-state index contributed by atoms with van der Waals surface area (Å²) in [6.07, 6.45) is 1.38. The summed E-state index contributed by atoms with van der Waals surface area (Å²) < 4.78 is 32.1. The van der Waals surface area contributed by atoms with Crippen molar-refractivity contribution in [2.24, 2.45) is 0 Å². The van der Waals surface area contributed by atoms with Crippen LogP contribution in [-0.4, -0.2) is 30.6 Å². The summed E-state index contributed by atoms with van der Waals surface area (Å²) in [4.78, 5) is 21.4. The van der Waals surface area contributed by atoms with E-state index in [-0.39, 0.29) is 12.6 Å².